The van der Waals surface area contributed by atoms with Crippen molar-refractivity contribution in [3.63, 3.8) is 0 Å². The zero-order chi connectivity index (χ0) is 26.3. The molecule has 5 rings (SSSR count). The zero-order valence-corrected chi connectivity index (χ0v) is 21.4. The highest BCUT2D eigenvalue weighted by atomic mass is 32.2. The Morgan fingerprint density at radius 3 is 2.54 bits per heavy atom. The lowest BCUT2D eigenvalue weighted by atomic mass is 9.70. The Hall–Kier alpha value is -3.08. The van der Waals surface area contributed by atoms with Crippen LogP contribution in [-0.2, 0) is 11.0 Å². The number of benzene rings is 1. The van der Waals surface area contributed by atoms with Crippen LogP contribution in [0.2, 0.25) is 0 Å². The van der Waals surface area contributed by atoms with Gasteiger partial charge in [-0.1, -0.05) is 24.3 Å². The zero-order valence-electron chi connectivity index (χ0n) is 20.6. The van der Waals surface area contributed by atoms with Gasteiger partial charge in [0.2, 0.25) is 0 Å². The number of aliphatic hydroxyl groups is 1. The maximum Gasteiger partial charge on any atom is 0.280 e. The van der Waals surface area contributed by atoms with Crippen molar-refractivity contribution in [2.75, 3.05) is 0 Å². The van der Waals surface area contributed by atoms with E-state index in [2.05, 4.69) is 10.1 Å². The summed E-state index contributed by atoms with van der Waals surface area (Å²) < 4.78 is 39.5. The van der Waals surface area contributed by atoms with Crippen LogP contribution in [0.1, 0.15) is 56.8 Å². The summed E-state index contributed by atoms with van der Waals surface area (Å²) in [6.45, 7) is 3.78. The van der Waals surface area contributed by atoms with Crippen LogP contribution < -0.4 is 5.14 Å². The number of aliphatic hydroxyl groups excluding tert-OH is 1. The van der Waals surface area contributed by atoms with E-state index < -0.39 is 22.2 Å². The molecule has 1 aliphatic rings. The van der Waals surface area contributed by atoms with E-state index in [-0.39, 0.29) is 23.6 Å². The number of hydrogen-bond acceptors (Lipinski definition) is 5. The third-order valence-corrected chi connectivity index (χ3v) is 8.44. The number of aromatic nitrogens is 4. The monoisotopic (exact) mass is 525 g/mol. The molecular formula is C27H29F2N5O2S. The largest absolute Gasteiger partial charge is 0.393 e. The van der Waals surface area contributed by atoms with Crippen molar-refractivity contribution in [3.8, 4) is 17.1 Å². The summed E-state index contributed by atoms with van der Waals surface area (Å²) in [4.78, 5) is 9.05. The summed E-state index contributed by atoms with van der Waals surface area (Å²) in [6.07, 6.45) is 0.631. The fraction of sp³-hybridized carbons (Fsp3) is 0.370. The molecule has 194 valence electrons. The fourth-order valence-electron chi connectivity index (χ4n) is 4.94. The molecule has 4 aromatic rings. The van der Waals surface area contributed by atoms with Crippen molar-refractivity contribution in [2.24, 2.45) is 11.1 Å². The summed E-state index contributed by atoms with van der Waals surface area (Å²) in [5.41, 5.74) is 2.88. The van der Waals surface area contributed by atoms with Gasteiger partial charge in [-0.2, -0.15) is 5.10 Å². The van der Waals surface area contributed by atoms with Crippen LogP contribution >= 0.6 is 0 Å². The minimum absolute atomic E-state index is 0.00129. The maximum atomic E-state index is 13.2. The van der Waals surface area contributed by atoms with Gasteiger partial charge in [-0.15, -0.1) is 0 Å². The molecule has 7 nitrogen and oxygen atoms in total. The van der Waals surface area contributed by atoms with Crippen molar-refractivity contribution < 1.29 is 18.1 Å². The Kier molecular flexibility index (Phi) is 6.91. The van der Waals surface area contributed by atoms with E-state index in [0.717, 1.165) is 27.9 Å². The van der Waals surface area contributed by atoms with Gasteiger partial charge in [0.25, 0.3) is 6.43 Å². The molecule has 0 amide bonds. The number of alkyl halides is 2. The first-order valence-electron chi connectivity index (χ1n) is 12.2. The highest BCUT2D eigenvalue weighted by Gasteiger charge is 2.39. The van der Waals surface area contributed by atoms with Gasteiger partial charge in [0, 0.05) is 22.6 Å². The first-order valence-corrected chi connectivity index (χ1v) is 13.4. The van der Waals surface area contributed by atoms with Gasteiger partial charge in [0.1, 0.15) is 5.69 Å². The fourth-order valence-corrected chi connectivity index (χ4v) is 5.28. The highest BCUT2D eigenvalue weighted by molar-refractivity contribution is 7.84. The van der Waals surface area contributed by atoms with Gasteiger partial charge in [0.05, 0.1) is 39.2 Å². The molecule has 37 heavy (non-hydrogen) atoms. The number of fused-ring (bicyclic) bond motifs is 1. The summed E-state index contributed by atoms with van der Waals surface area (Å²) >= 11 is 0. The molecule has 0 bridgehead atoms. The predicted octanol–water partition coefficient (Wildman–Crippen LogP) is 5.07. The van der Waals surface area contributed by atoms with Crippen LogP contribution in [0.15, 0.2) is 60.8 Å². The molecule has 0 radical (unpaired) electrons. The molecule has 3 aromatic heterocycles. The molecule has 3 N–H and O–H groups in total. The van der Waals surface area contributed by atoms with E-state index in [9.17, 15) is 18.1 Å². The van der Waals surface area contributed by atoms with Crippen LogP contribution in [0, 0.1) is 5.92 Å². The number of rotatable bonds is 8. The van der Waals surface area contributed by atoms with E-state index in [1.54, 1.807) is 23.0 Å². The maximum absolute atomic E-state index is 13.2. The highest BCUT2D eigenvalue weighted by Crippen LogP contribution is 2.44. The van der Waals surface area contributed by atoms with Crippen molar-refractivity contribution in [1.82, 2.24) is 19.7 Å². The van der Waals surface area contributed by atoms with Crippen molar-refractivity contribution >= 4 is 21.9 Å². The molecule has 2 atom stereocenters. The number of halogens is 2. The van der Waals surface area contributed by atoms with Gasteiger partial charge in [-0.05, 0) is 69.4 Å². The van der Waals surface area contributed by atoms with Gasteiger partial charge in [-0.3, -0.25) is 10.1 Å². The molecule has 0 aliphatic heterocycles. The summed E-state index contributed by atoms with van der Waals surface area (Å²) in [7, 11) is -1.50. The number of nitrogens with two attached hydrogens (primary N) is 1. The smallest absolute Gasteiger partial charge is 0.280 e. The topological polar surface area (TPSA) is 107 Å². The minimum Gasteiger partial charge on any atom is -0.393 e. The first-order chi connectivity index (χ1) is 17.6. The van der Waals surface area contributed by atoms with Crippen molar-refractivity contribution in [2.45, 2.75) is 56.3 Å². The molecule has 0 saturated heterocycles. The number of nitrogens with zero attached hydrogens (tertiary/aromatic N) is 4. The Morgan fingerprint density at radius 2 is 1.84 bits per heavy atom. The second kappa shape index (κ2) is 10.00. The molecular weight excluding hydrogens is 496 g/mol. The lowest BCUT2D eigenvalue weighted by Crippen LogP contribution is -2.39. The van der Waals surface area contributed by atoms with Gasteiger partial charge >= 0.3 is 0 Å². The van der Waals surface area contributed by atoms with Gasteiger partial charge in [-0.25, -0.2) is 22.7 Å². The van der Waals surface area contributed by atoms with Crippen LogP contribution in [0.25, 0.3) is 28.0 Å². The van der Waals surface area contributed by atoms with E-state index >= 15 is 0 Å². The Morgan fingerprint density at radius 1 is 1.11 bits per heavy atom. The molecule has 1 saturated carbocycles. The number of pyridine rings is 2. The van der Waals surface area contributed by atoms with E-state index in [1.165, 1.54) is 6.07 Å². The van der Waals surface area contributed by atoms with Crippen LogP contribution in [-0.4, -0.2) is 39.9 Å². The molecule has 1 fully saturated rings. The number of hydrogen-bond donors (Lipinski definition) is 2. The van der Waals surface area contributed by atoms with Crippen LogP contribution in [0.4, 0.5) is 8.78 Å². The Labute approximate surface area is 216 Å². The average Bonchev–Trinajstić information content (AvgIpc) is 3.29. The lowest BCUT2D eigenvalue weighted by Gasteiger charge is -2.40. The van der Waals surface area contributed by atoms with E-state index in [0.29, 0.717) is 25.1 Å². The summed E-state index contributed by atoms with van der Waals surface area (Å²) in [5, 5.41) is 20.9. The van der Waals surface area contributed by atoms with E-state index in [1.807, 2.05) is 50.2 Å². The SMILES string of the molecule is CC(C)(C[C@H](c1cccc(-c2ccc3cnn(-c4cccc(C(F)F)n4)c3c2)n1)C1CC(O)C1)S(N)=O. The lowest BCUT2D eigenvalue weighted by molar-refractivity contribution is 0.0266. The normalized spacial score (nSPS) is 19.6. The second-order valence-corrected chi connectivity index (χ2v) is 12.0. The van der Waals surface area contributed by atoms with Crippen LogP contribution in [0.3, 0.4) is 0 Å². The summed E-state index contributed by atoms with van der Waals surface area (Å²) in [5.74, 6) is 0.548. The Bertz CT molecular complexity index is 1450. The predicted molar refractivity (Wildman–Crippen MR) is 140 cm³/mol. The third kappa shape index (κ3) is 5.18. The first kappa shape index (κ1) is 25.6. The van der Waals surface area contributed by atoms with Crippen LogP contribution in [0.5, 0.6) is 0 Å². The van der Waals surface area contributed by atoms with Crippen molar-refractivity contribution in [1.29, 1.82) is 0 Å². The van der Waals surface area contributed by atoms with Gasteiger partial charge < -0.3 is 5.11 Å². The minimum atomic E-state index is -2.67. The molecule has 10 heteroatoms. The van der Waals surface area contributed by atoms with Crippen molar-refractivity contribution in [3.05, 3.63) is 72.2 Å². The molecule has 0 spiro atoms. The third-order valence-electron chi connectivity index (χ3n) is 7.19. The molecule has 1 unspecified atom stereocenters. The average molecular weight is 526 g/mol. The molecule has 3 heterocycles. The standard InChI is InChI=1S/C27H29F2N5O2S/c1-27(2,37(30)36)14-20(18-11-19(35)12-18)22-6-3-5-21(32-22)16-9-10-17-15-31-34(24(17)13-16)25-8-4-7-23(33-25)26(28)29/h3-10,13,15,18-20,26,35H,11-12,14,30H2,1-2H3/t18?,19?,20-,37?/m0/s1. The van der Waals surface area contributed by atoms with E-state index in [4.69, 9.17) is 10.1 Å². The summed E-state index contributed by atoms with van der Waals surface area (Å²) in [6, 6.07) is 16.1. The molecule has 1 aromatic carbocycles. The van der Waals surface area contributed by atoms with Gasteiger partial charge in [0.15, 0.2) is 5.82 Å². The Balaban J connectivity index is 1.52. The molecule has 1 aliphatic carbocycles. The second-order valence-electron chi connectivity index (χ2n) is 10.3. The quantitative estimate of drug-likeness (QED) is 0.334.